The van der Waals surface area contributed by atoms with Crippen LogP contribution in [-0.2, 0) is 4.79 Å². The first-order chi connectivity index (χ1) is 7.63. The van der Waals surface area contributed by atoms with Gasteiger partial charge < -0.3 is 9.84 Å². The molecule has 1 rings (SSSR count). The maximum atomic E-state index is 10.3. The summed E-state index contributed by atoms with van der Waals surface area (Å²) >= 11 is 1.70. The molecule has 4 heteroatoms. The number of rotatable bonds is 6. The van der Waals surface area contributed by atoms with Gasteiger partial charge in [-0.15, -0.1) is 11.8 Å². The van der Waals surface area contributed by atoms with Gasteiger partial charge in [0.2, 0.25) is 0 Å². The van der Waals surface area contributed by atoms with Crippen LogP contribution in [0.2, 0.25) is 0 Å². The van der Waals surface area contributed by atoms with Crippen LogP contribution < -0.4 is 4.74 Å². The monoisotopic (exact) mass is 240 g/mol. The summed E-state index contributed by atoms with van der Waals surface area (Å²) in [5, 5.41) is 8.46. The standard InChI is InChI=1S/C12H16O3S/c1-9-8-10(5-6-11(9)16-2)15-7-3-4-12(13)14/h5-6,8H,3-4,7H2,1-2H3,(H,13,14). The van der Waals surface area contributed by atoms with Crippen LogP contribution in [0.5, 0.6) is 5.75 Å². The van der Waals surface area contributed by atoms with Crippen LogP contribution in [-0.4, -0.2) is 23.9 Å². The fourth-order valence-corrected chi connectivity index (χ4v) is 1.94. The van der Waals surface area contributed by atoms with E-state index in [4.69, 9.17) is 9.84 Å². The Bertz CT molecular complexity index is 363. The van der Waals surface area contributed by atoms with Gasteiger partial charge in [-0.25, -0.2) is 0 Å². The van der Waals surface area contributed by atoms with Crippen molar-refractivity contribution in [2.45, 2.75) is 24.7 Å². The van der Waals surface area contributed by atoms with E-state index >= 15 is 0 Å². The first kappa shape index (κ1) is 12.9. The van der Waals surface area contributed by atoms with Crippen molar-refractivity contribution in [2.75, 3.05) is 12.9 Å². The van der Waals surface area contributed by atoms with E-state index in [1.165, 1.54) is 10.5 Å². The number of hydrogen-bond donors (Lipinski definition) is 1. The molecule has 0 aliphatic rings. The minimum absolute atomic E-state index is 0.155. The molecular formula is C12H16O3S. The molecule has 3 nitrogen and oxygen atoms in total. The molecule has 88 valence electrons. The number of carbonyl (C=O) groups is 1. The number of thioether (sulfide) groups is 1. The summed E-state index contributed by atoms with van der Waals surface area (Å²) in [6.07, 6.45) is 2.73. The molecule has 0 bridgehead atoms. The molecule has 0 aliphatic heterocycles. The Hall–Kier alpha value is -1.16. The van der Waals surface area contributed by atoms with Crippen LogP contribution in [0.25, 0.3) is 0 Å². The molecular weight excluding hydrogens is 224 g/mol. The third-order valence-electron chi connectivity index (χ3n) is 2.17. The van der Waals surface area contributed by atoms with Crippen molar-refractivity contribution in [2.24, 2.45) is 0 Å². The Labute approximate surface area is 99.8 Å². The van der Waals surface area contributed by atoms with Gasteiger partial charge in [-0.1, -0.05) is 0 Å². The predicted octanol–water partition coefficient (Wildman–Crippen LogP) is 2.96. The second kappa shape index (κ2) is 6.43. The molecule has 1 N–H and O–H groups in total. The molecule has 0 aliphatic carbocycles. The molecule has 16 heavy (non-hydrogen) atoms. The summed E-state index contributed by atoms with van der Waals surface area (Å²) in [7, 11) is 0. The molecule has 0 fully saturated rings. The minimum atomic E-state index is -0.780. The molecule has 0 unspecified atom stereocenters. The maximum absolute atomic E-state index is 10.3. The van der Waals surface area contributed by atoms with Crippen LogP contribution in [0, 0.1) is 6.92 Å². The number of carboxylic acids is 1. The molecule has 0 heterocycles. The van der Waals surface area contributed by atoms with Crippen LogP contribution >= 0.6 is 11.8 Å². The lowest BCUT2D eigenvalue weighted by molar-refractivity contribution is -0.137. The Morgan fingerprint density at radius 3 is 2.81 bits per heavy atom. The summed E-state index contributed by atoms with van der Waals surface area (Å²) in [6, 6.07) is 5.92. The van der Waals surface area contributed by atoms with Crippen molar-refractivity contribution in [3.05, 3.63) is 23.8 Å². The molecule has 0 radical (unpaired) electrons. The lowest BCUT2D eigenvalue weighted by Gasteiger charge is -2.08. The molecule has 0 saturated heterocycles. The van der Waals surface area contributed by atoms with Crippen molar-refractivity contribution < 1.29 is 14.6 Å². The number of ether oxygens (including phenoxy) is 1. The van der Waals surface area contributed by atoms with Gasteiger partial charge in [0.1, 0.15) is 5.75 Å². The van der Waals surface area contributed by atoms with Crippen LogP contribution in [0.1, 0.15) is 18.4 Å². The van der Waals surface area contributed by atoms with Crippen molar-refractivity contribution in [3.8, 4) is 5.75 Å². The summed E-state index contributed by atoms with van der Waals surface area (Å²) < 4.78 is 5.46. The minimum Gasteiger partial charge on any atom is -0.494 e. The average molecular weight is 240 g/mol. The SMILES string of the molecule is CSc1ccc(OCCCC(=O)O)cc1C. The fraction of sp³-hybridized carbons (Fsp3) is 0.417. The molecule has 0 saturated carbocycles. The van der Waals surface area contributed by atoms with E-state index in [9.17, 15) is 4.79 Å². The highest BCUT2D eigenvalue weighted by molar-refractivity contribution is 7.98. The lowest BCUT2D eigenvalue weighted by Crippen LogP contribution is -2.02. The number of hydrogen-bond acceptors (Lipinski definition) is 3. The smallest absolute Gasteiger partial charge is 0.303 e. The van der Waals surface area contributed by atoms with Crippen molar-refractivity contribution >= 4 is 17.7 Å². The lowest BCUT2D eigenvalue weighted by atomic mass is 10.2. The quantitative estimate of drug-likeness (QED) is 0.613. The van der Waals surface area contributed by atoms with Gasteiger partial charge in [0.25, 0.3) is 0 Å². The van der Waals surface area contributed by atoms with Crippen LogP contribution in [0.4, 0.5) is 0 Å². The molecule has 0 atom stereocenters. The molecule has 1 aromatic rings. The maximum Gasteiger partial charge on any atom is 0.303 e. The van der Waals surface area contributed by atoms with Gasteiger partial charge in [0, 0.05) is 11.3 Å². The summed E-state index contributed by atoms with van der Waals surface area (Å²) in [6.45, 7) is 2.49. The number of carboxylic acid groups (broad SMARTS) is 1. The van der Waals surface area contributed by atoms with Crippen molar-refractivity contribution in [1.82, 2.24) is 0 Å². The van der Waals surface area contributed by atoms with E-state index in [0.717, 1.165) is 5.75 Å². The highest BCUT2D eigenvalue weighted by Gasteiger charge is 2.01. The number of aliphatic carboxylic acids is 1. The first-order valence-corrected chi connectivity index (χ1v) is 6.35. The number of aryl methyl sites for hydroxylation is 1. The van der Waals surface area contributed by atoms with E-state index in [-0.39, 0.29) is 6.42 Å². The second-order valence-electron chi connectivity index (χ2n) is 3.48. The predicted molar refractivity (Wildman–Crippen MR) is 65.3 cm³/mol. The zero-order chi connectivity index (χ0) is 12.0. The third kappa shape index (κ3) is 4.14. The third-order valence-corrected chi connectivity index (χ3v) is 3.07. The molecule has 1 aromatic carbocycles. The van der Waals surface area contributed by atoms with E-state index in [2.05, 4.69) is 0 Å². The van der Waals surface area contributed by atoms with Gasteiger partial charge in [0.05, 0.1) is 6.61 Å². The van der Waals surface area contributed by atoms with Gasteiger partial charge in [0.15, 0.2) is 0 Å². The largest absolute Gasteiger partial charge is 0.494 e. The fourth-order valence-electron chi connectivity index (χ4n) is 1.35. The number of benzene rings is 1. The van der Waals surface area contributed by atoms with E-state index in [0.29, 0.717) is 13.0 Å². The van der Waals surface area contributed by atoms with Crippen molar-refractivity contribution in [3.63, 3.8) is 0 Å². The molecule has 0 spiro atoms. The second-order valence-corrected chi connectivity index (χ2v) is 4.33. The normalized spacial score (nSPS) is 10.1. The topological polar surface area (TPSA) is 46.5 Å². The highest BCUT2D eigenvalue weighted by atomic mass is 32.2. The van der Waals surface area contributed by atoms with Crippen LogP contribution in [0.3, 0.4) is 0 Å². The molecule has 0 amide bonds. The van der Waals surface area contributed by atoms with E-state index in [1.54, 1.807) is 11.8 Å². The van der Waals surface area contributed by atoms with Crippen molar-refractivity contribution in [1.29, 1.82) is 0 Å². The van der Waals surface area contributed by atoms with Gasteiger partial charge in [-0.2, -0.15) is 0 Å². The Morgan fingerprint density at radius 2 is 2.25 bits per heavy atom. The molecule has 0 aromatic heterocycles. The van der Waals surface area contributed by atoms with Gasteiger partial charge in [-0.3, -0.25) is 4.79 Å². The average Bonchev–Trinajstić information content (AvgIpc) is 2.24. The van der Waals surface area contributed by atoms with E-state index in [1.807, 2.05) is 31.4 Å². The summed E-state index contributed by atoms with van der Waals surface area (Å²) in [5.41, 5.74) is 1.18. The zero-order valence-corrected chi connectivity index (χ0v) is 10.3. The first-order valence-electron chi connectivity index (χ1n) is 5.12. The Morgan fingerprint density at radius 1 is 1.50 bits per heavy atom. The van der Waals surface area contributed by atoms with Gasteiger partial charge >= 0.3 is 5.97 Å². The highest BCUT2D eigenvalue weighted by Crippen LogP contribution is 2.24. The zero-order valence-electron chi connectivity index (χ0n) is 9.53. The van der Waals surface area contributed by atoms with Gasteiger partial charge in [-0.05, 0) is 43.4 Å². The van der Waals surface area contributed by atoms with Crippen LogP contribution in [0.15, 0.2) is 23.1 Å². The summed E-state index contributed by atoms with van der Waals surface area (Å²) in [4.78, 5) is 11.5. The Balaban J connectivity index is 2.43. The van der Waals surface area contributed by atoms with E-state index < -0.39 is 5.97 Å². The summed E-state index contributed by atoms with van der Waals surface area (Å²) in [5.74, 6) is 0.0261. The Kier molecular flexibility index (Phi) is 5.19.